The number of hydrogen-bond acceptors (Lipinski definition) is 9. The second-order valence-corrected chi connectivity index (χ2v) is 14.4. The Bertz CT molecular complexity index is 1310. The monoisotopic (exact) mass is 628 g/mol. The van der Waals surface area contributed by atoms with Gasteiger partial charge in [0.15, 0.2) is 5.78 Å². The van der Waals surface area contributed by atoms with E-state index in [1.165, 1.54) is 27.7 Å². The van der Waals surface area contributed by atoms with Crippen LogP contribution >= 0.6 is 0 Å². The molecule has 0 spiro atoms. The fourth-order valence-corrected chi connectivity index (χ4v) is 8.45. The Morgan fingerprint density at radius 2 is 1.47 bits per heavy atom. The number of Topliss-reactive ketones (excluding diaryl/α,β-unsaturated/α-hetero) is 1. The van der Waals surface area contributed by atoms with Gasteiger partial charge in [0.25, 0.3) is 0 Å². The van der Waals surface area contributed by atoms with E-state index in [2.05, 4.69) is 20.8 Å². The van der Waals surface area contributed by atoms with E-state index in [4.69, 9.17) is 18.9 Å². The number of rotatable bonds is 10. The van der Waals surface area contributed by atoms with Gasteiger partial charge in [0.2, 0.25) is 0 Å². The van der Waals surface area contributed by atoms with Gasteiger partial charge < -0.3 is 18.9 Å². The summed E-state index contributed by atoms with van der Waals surface area (Å²) < 4.78 is 22.6. The fourth-order valence-electron chi connectivity index (χ4n) is 8.45. The smallest absolute Gasteiger partial charge is 0.308 e. The maximum absolute atomic E-state index is 14.4. The van der Waals surface area contributed by atoms with Crippen molar-refractivity contribution >= 4 is 29.7 Å². The van der Waals surface area contributed by atoms with Crippen LogP contribution in [0.4, 0.5) is 0 Å². The lowest BCUT2D eigenvalue weighted by Gasteiger charge is -2.59. The standard InChI is InChI=1S/C36H52O9/c1-11-13-28(43-22(3)38)30-31(41)26(32(44-23(4)39)35(8,9)33(30)45-24(5)40)16-14-25-15-17-29-34(6,7)18-12-19-36(29,10)27(25)20-42-21(2)37/h13,25,27,29H,11-12,14-20H2,1-10H3/b28-13-/t25?,27-,29?,36+/m0/s1. The van der Waals surface area contributed by atoms with Crippen molar-refractivity contribution in [3.05, 3.63) is 34.5 Å². The van der Waals surface area contributed by atoms with Gasteiger partial charge in [0.05, 0.1) is 12.0 Å². The summed E-state index contributed by atoms with van der Waals surface area (Å²) in [5.74, 6) is -1.93. The highest BCUT2D eigenvalue weighted by atomic mass is 16.6. The Morgan fingerprint density at radius 1 is 0.844 bits per heavy atom. The number of hydrogen-bond donors (Lipinski definition) is 0. The fraction of sp³-hybridized carbons (Fsp3) is 0.694. The average Bonchev–Trinajstić information content (AvgIpc) is 2.89. The molecule has 250 valence electrons. The first-order valence-electron chi connectivity index (χ1n) is 16.3. The quantitative estimate of drug-likeness (QED) is 0.139. The molecule has 45 heavy (non-hydrogen) atoms. The second kappa shape index (κ2) is 14.0. The summed E-state index contributed by atoms with van der Waals surface area (Å²) in [6, 6.07) is 0. The predicted molar refractivity (Wildman–Crippen MR) is 168 cm³/mol. The second-order valence-electron chi connectivity index (χ2n) is 14.4. The lowest BCUT2D eigenvalue weighted by molar-refractivity contribution is -0.154. The zero-order valence-corrected chi connectivity index (χ0v) is 28.8. The molecule has 0 aromatic carbocycles. The van der Waals surface area contributed by atoms with E-state index >= 15 is 0 Å². The van der Waals surface area contributed by atoms with E-state index < -0.39 is 29.1 Å². The average molecular weight is 629 g/mol. The molecule has 3 aliphatic carbocycles. The van der Waals surface area contributed by atoms with E-state index in [0.29, 0.717) is 25.4 Å². The van der Waals surface area contributed by atoms with Crippen molar-refractivity contribution in [2.45, 2.75) is 121 Å². The first kappa shape index (κ1) is 36.2. The molecule has 9 nitrogen and oxygen atoms in total. The Morgan fingerprint density at radius 3 is 2.02 bits per heavy atom. The van der Waals surface area contributed by atoms with Gasteiger partial charge in [0.1, 0.15) is 22.9 Å². The normalized spacial score (nSPS) is 27.8. The van der Waals surface area contributed by atoms with Crippen molar-refractivity contribution in [2.24, 2.45) is 34.0 Å². The van der Waals surface area contributed by atoms with E-state index in [-0.39, 0.29) is 63.5 Å². The Labute approximate surface area is 268 Å². The molecule has 2 saturated carbocycles. The molecule has 4 atom stereocenters. The molecule has 2 fully saturated rings. The van der Waals surface area contributed by atoms with Gasteiger partial charge in [-0.2, -0.15) is 0 Å². The third kappa shape index (κ3) is 7.78. The number of fused-ring (bicyclic) bond motifs is 1. The van der Waals surface area contributed by atoms with E-state index in [1.54, 1.807) is 19.9 Å². The van der Waals surface area contributed by atoms with Crippen LogP contribution < -0.4 is 0 Å². The highest BCUT2D eigenvalue weighted by molar-refractivity contribution is 6.13. The van der Waals surface area contributed by atoms with Crippen LogP contribution in [0.25, 0.3) is 0 Å². The minimum absolute atomic E-state index is 0.00360. The molecule has 0 saturated heterocycles. The summed E-state index contributed by atoms with van der Waals surface area (Å²) in [6.07, 6.45) is 8.17. The summed E-state index contributed by atoms with van der Waals surface area (Å²) in [7, 11) is 0. The molecule has 0 amide bonds. The van der Waals surface area contributed by atoms with Gasteiger partial charge in [-0.05, 0) is 87.5 Å². The van der Waals surface area contributed by atoms with Gasteiger partial charge >= 0.3 is 23.9 Å². The van der Waals surface area contributed by atoms with Crippen molar-refractivity contribution < 1.29 is 42.9 Å². The number of ketones is 1. The number of carbonyl (C=O) groups excluding carboxylic acids is 5. The zero-order chi connectivity index (χ0) is 33.9. The minimum atomic E-state index is -1.23. The first-order chi connectivity index (χ1) is 20.9. The highest BCUT2D eigenvalue weighted by Gasteiger charge is 2.55. The number of esters is 4. The third-order valence-electron chi connectivity index (χ3n) is 10.3. The number of ether oxygens (including phenoxy) is 4. The molecule has 0 aromatic heterocycles. The molecule has 9 heteroatoms. The molecular weight excluding hydrogens is 576 g/mol. The van der Waals surface area contributed by atoms with Crippen LogP contribution in [0.3, 0.4) is 0 Å². The molecule has 0 heterocycles. The lowest BCUT2D eigenvalue weighted by atomic mass is 9.46. The van der Waals surface area contributed by atoms with E-state index in [9.17, 15) is 24.0 Å². The molecular formula is C36H52O9. The molecule has 0 N–H and O–H groups in total. The van der Waals surface area contributed by atoms with Crippen molar-refractivity contribution in [3.8, 4) is 0 Å². The largest absolute Gasteiger partial charge is 0.466 e. The minimum Gasteiger partial charge on any atom is -0.466 e. The van der Waals surface area contributed by atoms with Crippen LogP contribution in [0.2, 0.25) is 0 Å². The number of carbonyl (C=O) groups is 5. The van der Waals surface area contributed by atoms with Crippen LogP contribution in [0, 0.1) is 34.0 Å². The van der Waals surface area contributed by atoms with Crippen LogP contribution in [0.15, 0.2) is 34.5 Å². The Balaban J connectivity index is 2.11. The Hall–Kier alpha value is -3.23. The van der Waals surface area contributed by atoms with E-state index in [1.807, 2.05) is 6.92 Å². The van der Waals surface area contributed by atoms with Crippen molar-refractivity contribution in [3.63, 3.8) is 0 Å². The van der Waals surface area contributed by atoms with Gasteiger partial charge in [-0.3, -0.25) is 24.0 Å². The molecule has 0 aliphatic heterocycles. The van der Waals surface area contributed by atoms with Crippen molar-refractivity contribution in [1.29, 1.82) is 0 Å². The van der Waals surface area contributed by atoms with Crippen LogP contribution in [-0.2, 0) is 42.9 Å². The summed E-state index contributed by atoms with van der Waals surface area (Å²) in [5.41, 5.74) is -0.844. The van der Waals surface area contributed by atoms with Crippen molar-refractivity contribution in [1.82, 2.24) is 0 Å². The lowest BCUT2D eigenvalue weighted by Crippen LogP contribution is -2.53. The maximum Gasteiger partial charge on any atom is 0.308 e. The highest BCUT2D eigenvalue weighted by Crippen LogP contribution is 2.62. The summed E-state index contributed by atoms with van der Waals surface area (Å²) in [5, 5.41) is 0. The summed E-state index contributed by atoms with van der Waals surface area (Å²) in [4.78, 5) is 63.2. The Kier molecular flexibility index (Phi) is 11.3. The molecule has 2 unspecified atom stereocenters. The summed E-state index contributed by atoms with van der Waals surface area (Å²) in [6.45, 7) is 17.8. The van der Waals surface area contributed by atoms with Crippen LogP contribution in [0.5, 0.6) is 0 Å². The maximum atomic E-state index is 14.4. The van der Waals surface area contributed by atoms with Crippen molar-refractivity contribution in [2.75, 3.05) is 6.61 Å². The van der Waals surface area contributed by atoms with Gasteiger partial charge in [0, 0.05) is 39.2 Å². The summed E-state index contributed by atoms with van der Waals surface area (Å²) >= 11 is 0. The molecule has 0 bridgehead atoms. The molecule has 3 aliphatic rings. The first-order valence-corrected chi connectivity index (χ1v) is 16.3. The molecule has 3 rings (SSSR count). The topological polar surface area (TPSA) is 122 Å². The van der Waals surface area contributed by atoms with Crippen LogP contribution in [-0.4, -0.2) is 36.3 Å². The van der Waals surface area contributed by atoms with Crippen LogP contribution in [0.1, 0.15) is 121 Å². The van der Waals surface area contributed by atoms with Gasteiger partial charge in [-0.1, -0.05) is 34.1 Å². The third-order valence-corrected chi connectivity index (χ3v) is 10.3. The molecule has 0 aromatic rings. The predicted octanol–water partition coefficient (Wildman–Crippen LogP) is 7.29. The number of allylic oxidation sites excluding steroid dienone is 3. The SMILES string of the molecule is CC/C=C(\OC(C)=O)C1=C(OC(C)=O)C(C)(C)C(OC(C)=O)=C(CCC2CCC3C(C)(C)CCC[C@]3(C)[C@H]2COC(C)=O)C1=O. The van der Waals surface area contributed by atoms with Gasteiger partial charge in [-0.25, -0.2) is 0 Å². The van der Waals surface area contributed by atoms with Gasteiger partial charge in [-0.15, -0.1) is 0 Å². The molecule has 0 radical (unpaired) electrons. The van der Waals surface area contributed by atoms with E-state index in [0.717, 1.165) is 32.1 Å². The zero-order valence-electron chi connectivity index (χ0n) is 28.8.